The Morgan fingerprint density at radius 3 is 2.47 bits per heavy atom. The number of esters is 1. The average molecular weight is 650 g/mol. The largest absolute Gasteiger partial charge is 0.464 e. The third-order valence-corrected chi connectivity index (χ3v) is 15.4. The van der Waals surface area contributed by atoms with Gasteiger partial charge in [0.05, 0.1) is 43.7 Å². The number of hydrogen-bond acceptors (Lipinski definition) is 8. The van der Waals surface area contributed by atoms with Gasteiger partial charge >= 0.3 is 5.97 Å². The molecular weight excluding hydrogens is 590 g/mol. The van der Waals surface area contributed by atoms with E-state index in [1.54, 1.807) is 13.8 Å². The highest BCUT2D eigenvalue weighted by Gasteiger charge is 2.80. The second-order valence-corrected chi connectivity index (χ2v) is 17.8. The fourth-order valence-corrected chi connectivity index (χ4v) is 13.2. The van der Waals surface area contributed by atoms with Gasteiger partial charge in [0, 0.05) is 13.0 Å². The van der Waals surface area contributed by atoms with Crippen molar-refractivity contribution in [3.05, 3.63) is 0 Å². The van der Waals surface area contributed by atoms with Crippen LogP contribution in [0.2, 0.25) is 0 Å². The van der Waals surface area contributed by atoms with Crippen LogP contribution in [0.5, 0.6) is 0 Å². The molecule has 13 atom stereocenters. The minimum absolute atomic E-state index is 0. The molecular formula is C36H59NO7S. The van der Waals surface area contributed by atoms with E-state index in [1.165, 1.54) is 38.5 Å². The van der Waals surface area contributed by atoms with Crippen molar-refractivity contribution in [2.45, 2.75) is 148 Å². The van der Waals surface area contributed by atoms with E-state index >= 15 is 0 Å². The molecule has 8 rings (SSSR count). The number of aliphatic hydroxyl groups excluding tert-OH is 1. The number of rotatable bonds is 5. The van der Waals surface area contributed by atoms with Crippen LogP contribution >= 0.6 is 13.5 Å². The summed E-state index contributed by atoms with van der Waals surface area (Å²) < 4.78 is 24.9. The van der Waals surface area contributed by atoms with Crippen molar-refractivity contribution in [1.82, 2.24) is 4.90 Å². The van der Waals surface area contributed by atoms with Crippen LogP contribution in [0, 0.1) is 45.3 Å². The zero-order valence-electron chi connectivity index (χ0n) is 28.3. The molecule has 0 aromatic heterocycles. The first kappa shape index (κ1) is 33.1. The minimum atomic E-state index is -1.14. The lowest BCUT2D eigenvalue weighted by Crippen LogP contribution is -2.57. The summed E-state index contributed by atoms with van der Waals surface area (Å²) in [4.78, 5) is 14.5. The first-order chi connectivity index (χ1) is 20.8. The molecule has 3 aliphatic heterocycles. The molecule has 0 amide bonds. The summed E-state index contributed by atoms with van der Waals surface area (Å²) in [7, 11) is 0. The van der Waals surface area contributed by atoms with E-state index < -0.39 is 11.7 Å². The molecule has 0 aromatic carbocycles. The van der Waals surface area contributed by atoms with Crippen LogP contribution in [0.4, 0.5) is 0 Å². The zero-order chi connectivity index (χ0) is 30.9. The SMILES string of the molecule is CC(C)(O)[C@@H](O)C1CC[C@H]2C(CC3C4CCC5C(C)(C)[C@@H](OC6CN([C@@H]7CCOC7=O)CCO6)CCC56CC46CCC32C)O1.S. The van der Waals surface area contributed by atoms with Gasteiger partial charge < -0.3 is 29.2 Å². The molecule has 5 saturated carbocycles. The summed E-state index contributed by atoms with van der Waals surface area (Å²) in [6.07, 6.45) is 11.9. The van der Waals surface area contributed by atoms with Crippen molar-refractivity contribution >= 4 is 19.5 Å². The summed E-state index contributed by atoms with van der Waals surface area (Å²) in [6, 6.07) is -0.145. The number of cyclic esters (lactones) is 1. The van der Waals surface area contributed by atoms with Crippen LogP contribution in [-0.2, 0) is 23.7 Å². The highest BCUT2D eigenvalue weighted by molar-refractivity contribution is 7.59. The molecule has 0 bridgehead atoms. The van der Waals surface area contributed by atoms with Gasteiger partial charge in [0.25, 0.3) is 0 Å². The Hall–Kier alpha value is -0.420. The van der Waals surface area contributed by atoms with Crippen LogP contribution in [0.15, 0.2) is 0 Å². The van der Waals surface area contributed by atoms with E-state index in [0.29, 0.717) is 53.8 Å². The predicted octanol–water partition coefficient (Wildman–Crippen LogP) is 4.80. The van der Waals surface area contributed by atoms with Gasteiger partial charge in [-0.05, 0) is 123 Å². The molecule has 3 heterocycles. The standard InChI is InChI=1S/C36H57NO7.H2S/c1-32(2)27-9-7-21-23-18-26-22(6-8-25(43-26)30(38)33(3,4)40)34(23,5)13-14-35(21)20-36(27,35)12-10-28(32)44-29-19-37(15-17-41-29)24-11-16-42-31(24)39;/h21-30,38,40H,6-20H2,1-5H3;1H2/t21?,22-,23?,24+,25?,26?,27?,28-,29?,30-,34?,35?,36?;/m0./s1. The monoisotopic (exact) mass is 649 g/mol. The van der Waals surface area contributed by atoms with Crippen molar-refractivity contribution in [2.24, 2.45) is 45.3 Å². The highest BCUT2D eigenvalue weighted by Crippen LogP contribution is 2.87. The van der Waals surface area contributed by atoms with Crippen LogP contribution in [0.3, 0.4) is 0 Å². The van der Waals surface area contributed by atoms with Gasteiger partial charge in [-0.1, -0.05) is 20.8 Å². The molecule has 3 saturated heterocycles. The highest BCUT2D eigenvalue weighted by atomic mass is 32.1. The van der Waals surface area contributed by atoms with Crippen LogP contribution < -0.4 is 0 Å². The summed E-state index contributed by atoms with van der Waals surface area (Å²) in [5.41, 5.74) is 0.189. The molecule has 256 valence electrons. The molecule has 45 heavy (non-hydrogen) atoms. The fraction of sp³-hybridized carbons (Fsp3) is 0.972. The molecule has 8 aliphatic rings. The van der Waals surface area contributed by atoms with Gasteiger partial charge in [-0.25, -0.2) is 0 Å². The maximum Gasteiger partial charge on any atom is 0.323 e. The number of aliphatic hydroxyl groups is 2. The van der Waals surface area contributed by atoms with Crippen molar-refractivity contribution in [3.8, 4) is 0 Å². The number of carbonyl (C=O) groups is 1. The topological polar surface area (TPSA) is 97.7 Å². The lowest BCUT2D eigenvalue weighted by atomic mass is 9.46. The van der Waals surface area contributed by atoms with E-state index in [1.807, 2.05) is 0 Å². The number of morpholine rings is 1. The normalized spacial score (nSPS) is 51.0. The van der Waals surface area contributed by atoms with E-state index in [4.69, 9.17) is 18.9 Å². The molecule has 2 N–H and O–H groups in total. The number of fused-ring (bicyclic) bond motifs is 4. The molecule has 0 radical (unpaired) electrons. The summed E-state index contributed by atoms with van der Waals surface area (Å²) in [5, 5.41) is 21.3. The summed E-state index contributed by atoms with van der Waals surface area (Å²) >= 11 is 0. The fourth-order valence-electron chi connectivity index (χ4n) is 13.2. The predicted molar refractivity (Wildman–Crippen MR) is 174 cm³/mol. The van der Waals surface area contributed by atoms with Crippen molar-refractivity contribution < 1.29 is 34.0 Å². The molecule has 8 fully saturated rings. The Morgan fingerprint density at radius 2 is 1.73 bits per heavy atom. The quantitative estimate of drug-likeness (QED) is 0.411. The van der Waals surface area contributed by atoms with Crippen molar-refractivity contribution in [2.75, 3.05) is 26.3 Å². The van der Waals surface area contributed by atoms with Gasteiger partial charge in [-0.3, -0.25) is 9.69 Å². The van der Waals surface area contributed by atoms with E-state index in [0.717, 1.165) is 44.6 Å². The Morgan fingerprint density at radius 1 is 0.956 bits per heavy atom. The smallest absolute Gasteiger partial charge is 0.323 e. The Balaban J connectivity index is 0.00000325. The molecule has 9 unspecified atom stereocenters. The maximum absolute atomic E-state index is 12.3. The molecule has 9 heteroatoms. The Bertz CT molecular complexity index is 1160. The van der Waals surface area contributed by atoms with Crippen molar-refractivity contribution in [1.29, 1.82) is 0 Å². The lowest BCUT2D eigenvalue weighted by Gasteiger charge is -2.60. The van der Waals surface area contributed by atoms with Gasteiger partial charge in [-0.2, -0.15) is 13.5 Å². The second-order valence-electron chi connectivity index (χ2n) is 17.8. The molecule has 0 aromatic rings. The van der Waals surface area contributed by atoms with E-state index in [-0.39, 0.29) is 55.5 Å². The van der Waals surface area contributed by atoms with Crippen LogP contribution in [0.1, 0.15) is 105 Å². The minimum Gasteiger partial charge on any atom is -0.464 e. The lowest BCUT2D eigenvalue weighted by molar-refractivity contribution is -0.247. The maximum atomic E-state index is 12.3. The second kappa shape index (κ2) is 11.0. The van der Waals surface area contributed by atoms with Crippen molar-refractivity contribution in [3.63, 3.8) is 0 Å². The van der Waals surface area contributed by atoms with Gasteiger partial charge in [0.2, 0.25) is 0 Å². The molecule has 5 aliphatic carbocycles. The van der Waals surface area contributed by atoms with Crippen LogP contribution in [-0.4, -0.2) is 89.7 Å². The Kier molecular flexibility index (Phi) is 8.12. The molecule has 2 spiro atoms. The summed E-state index contributed by atoms with van der Waals surface area (Å²) in [5.74, 6) is 2.63. The van der Waals surface area contributed by atoms with Crippen LogP contribution in [0.25, 0.3) is 0 Å². The third-order valence-electron chi connectivity index (χ3n) is 15.4. The van der Waals surface area contributed by atoms with Gasteiger partial charge in [0.1, 0.15) is 12.1 Å². The van der Waals surface area contributed by atoms with E-state index in [2.05, 4.69) is 25.7 Å². The molecule has 8 nitrogen and oxygen atoms in total. The Labute approximate surface area is 277 Å². The first-order valence-corrected chi connectivity index (χ1v) is 18.0. The first-order valence-electron chi connectivity index (χ1n) is 18.0. The number of hydrogen-bond donors (Lipinski definition) is 2. The average Bonchev–Trinajstić information content (AvgIpc) is 3.27. The number of nitrogens with zero attached hydrogens (tertiary/aromatic N) is 1. The summed E-state index contributed by atoms with van der Waals surface area (Å²) in [6.45, 7) is 13.5. The zero-order valence-corrected chi connectivity index (χ0v) is 29.3. The third kappa shape index (κ3) is 4.78. The van der Waals surface area contributed by atoms with Gasteiger partial charge in [0.15, 0.2) is 6.29 Å². The number of ether oxygens (including phenoxy) is 4. The van der Waals surface area contributed by atoms with Gasteiger partial charge in [-0.15, -0.1) is 0 Å². The van der Waals surface area contributed by atoms with E-state index in [9.17, 15) is 15.0 Å². The number of carbonyl (C=O) groups excluding carboxylic acids is 1.